The highest BCUT2D eigenvalue weighted by Gasteiger charge is 2.18. The number of fused-ring (bicyclic) bond motifs is 6. The highest BCUT2D eigenvalue weighted by molar-refractivity contribution is 6.07. The maximum atomic E-state index is 6.34. The van der Waals surface area contributed by atoms with E-state index < -0.39 is 0 Å². The van der Waals surface area contributed by atoms with E-state index >= 15 is 0 Å². The van der Waals surface area contributed by atoms with Gasteiger partial charge < -0.3 is 18.6 Å². The molecule has 0 atom stereocenters. The Morgan fingerprint density at radius 2 is 0.577 bits per heavy atom. The van der Waals surface area contributed by atoms with Gasteiger partial charge in [0.25, 0.3) is 0 Å². The quantitative estimate of drug-likeness (QED) is 0.169. The van der Waals surface area contributed by atoms with Crippen molar-refractivity contribution in [2.75, 3.05) is 9.80 Å². The van der Waals surface area contributed by atoms with E-state index in [1.807, 2.05) is 24.3 Å². The minimum Gasteiger partial charge on any atom is -0.456 e. The normalized spacial score (nSPS) is 11.5. The van der Waals surface area contributed by atoms with Crippen molar-refractivity contribution in [3.63, 3.8) is 0 Å². The maximum Gasteiger partial charge on any atom is 0.137 e. The van der Waals surface area contributed by atoms with E-state index in [4.69, 9.17) is 8.83 Å². The molecular formula is C48H32N2O2. The summed E-state index contributed by atoms with van der Waals surface area (Å²) in [4.78, 5) is 4.55. The molecule has 2 heterocycles. The van der Waals surface area contributed by atoms with Gasteiger partial charge in [-0.15, -0.1) is 0 Å². The molecule has 0 saturated carbocycles. The first-order valence-electron chi connectivity index (χ1n) is 17.5. The Morgan fingerprint density at radius 1 is 0.250 bits per heavy atom. The van der Waals surface area contributed by atoms with E-state index in [1.54, 1.807) is 0 Å². The second kappa shape index (κ2) is 12.4. The first-order chi connectivity index (χ1) is 25.8. The lowest BCUT2D eigenvalue weighted by Gasteiger charge is -2.26. The summed E-state index contributed by atoms with van der Waals surface area (Å²) in [6.07, 6.45) is 0. The Labute approximate surface area is 301 Å². The van der Waals surface area contributed by atoms with Gasteiger partial charge in [0.2, 0.25) is 0 Å². The lowest BCUT2D eigenvalue weighted by Crippen LogP contribution is -2.10. The predicted molar refractivity (Wildman–Crippen MR) is 216 cm³/mol. The van der Waals surface area contributed by atoms with E-state index in [0.717, 1.165) is 89.1 Å². The first-order valence-corrected chi connectivity index (χ1v) is 17.5. The number of benzene rings is 8. The van der Waals surface area contributed by atoms with E-state index in [0.29, 0.717) is 0 Å². The molecule has 0 amide bonds. The third-order valence-electron chi connectivity index (χ3n) is 9.85. The molecule has 52 heavy (non-hydrogen) atoms. The smallest absolute Gasteiger partial charge is 0.137 e. The zero-order chi connectivity index (χ0) is 34.4. The highest BCUT2D eigenvalue weighted by atomic mass is 16.3. The number of hydrogen-bond donors (Lipinski definition) is 0. The fourth-order valence-electron chi connectivity index (χ4n) is 7.36. The van der Waals surface area contributed by atoms with Crippen molar-refractivity contribution in [3.05, 3.63) is 194 Å². The van der Waals surface area contributed by atoms with Gasteiger partial charge in [-0.2, -0.15) is 0 Å². The van der Waals surface area contributed by atoms with Crippen LogP contribution in [0.1, 0.15) is 0 Å². The third kappa shape index (κ3) is 5.17. The van der Waals surface area contributed by atoms with Crippen LogP contribution in [-0.4, -0.2) is 0 Å². The SMILES string of the molecule is c1ccc(N(c2ccccc2)c2ccc(-c3ccc(N(c4ccc5c(c4)oc4ccccc45)c4ccc5c(c4)oc4ccccc45)cc3)cc2)cc1. The van der Waals surface area contributed by atoms with Gasteiger partial charge in [-0.05, 0) is 96.1 Å². The number of anilines is 6. The molecule has 0 radical (unpaired) electrons. The van der Waals surface area contributed by atoms with Crippen LogP contribution >= 0.6 is 0 Å². The monoisotopic (exact) mass is 668 g/mol. The van der Waals surface area contributed by atoms with Crippen LogP contribution in [0.5, 0.6) is 0 Å². The fraction of sp³-hybridized carbons (Fsp3) is 0. The minimum atomic E-state index is 0.852. The van der Waals surface area contributed by atoms with Crippen LogP contribution < -0.4 is 9.80 Å². The molecule has 10 aromatic rings. The predicted octanol–water partition coefficient (Wildman–Crippen LogP) is 14.1. The summed E-state index contributed by atoms with van der Waals surface area (Å²) in [7, 11) is 0. The Hall–Kier alpha value is -7.04. The van der Waals surface area contributed by atoms with Crippen LogP contribution in [0.25, 0.3) is 55.0 Å². The number of hydrogen-bond acceptors (Lipinski definition) is 4. The molecule has 0 aliphatic rings. The third-order valence-corrected chi connectivity index (χ3v) is 9.85. The molecule has 0 fully saturated rings. The topological polar surface area (TPSA) is 32.8 Å². The molecule has 4 nitrogen and oxygen atoms in total. The summed E-state index contributed by atoms with van der Waals surface area (Å²) in [5, 5.41) is 4.43. The van der Waals surface area contributed by atoms with E-state index in [1.165, 1.54) is 0 Å². The summed E-state index contributed by atoms with van der Waals surface area (Å²) >= 11 is 0. The van der Waals surface area contributed by atoms with Crippen molar-refractivity contribution >= 4 is 78.0 Å². The van der Waals surface area contributed by atoms with Crippen LogP contribution in [0.2, 0.25) is 0 Å². The molecule has 0 spiro atoms. The van der Waals surface area contributed by atoms with Crippen molar-refractivity contribution in [1.82, 2.24) is 0 Å². The summed E-state index contributed by atoms with van der Waals surface area (Å²) in [5.74, 6) is 0. The van der Waals surface area contributed by atoms with Crippen molar-refractivity contribution in [1.29, 1.82) is 0 Å². The molecule has 246 valence electrons. The molecule has 4 heteroatoms. The second-order valence-electron chi connectivity index (χ2n) is 13.0. The molecule has 0 bridgehead atoms. The lowest BCUT2D eigenvalue weighted by atomic mass is 10.0. The van der Waals surface area contributed by atoms with Gasteiger partial charge in [-0.1, -0.05) is 97.1 Å². The largest absolute Gasteiger partial charge is 0.456 e. The summed E-state index contributed by atoms with van der Waals surface area (Å²) in [6.45, 7) is 0. The zero-order valence-electron chi connectivity index (χ0n) is 28.2. The number of para-hydroxylation sites is 4. The number of nitrogens with zero attached hydrogens (tertiary/aromatic N) is 2. The van der Waals surface area contributed by atoms with Crippen molar-refractivity contribution in [3.8, 4) is 11.1 Å². The van der Waals surface area contributed by atoms with Gasteiger partial charge in [-0.25, -0.2) is 0 Å². The van der Waals surface area contributed by atoms with E-state index in [-0.39, 0.29) is 0 Å². The van der Waals surface area contributed by atoms with Gasteiger partial charge in [0.05, 0.1) is 0 Å². The first kappa shape index (κ1) is 29.8. The van der Waals surface area contributed by atoms with Crippen molar-refractivity contribution < 1.29 is 8.83 Å². The Bertz CT molecular complexity index is 2680. The fourth-order valence-corrected chi connectivity index (χ4v) is 7.36. The van der Waals surface area contributed by atoms with E-state index in [9.17, 15) is 0 Å². The van der Waals surface area contributed by atoms with Crippen LogP contribution in [0.15, 0.2) is 203 Å². The van der Waals surface area contributed by atoms with Gasteiger partial charge in [-0.3, -0.25) is 0 Å². The summed E-state index contributed by atoms with van der Waals surface area (Å²) in [5.41, 5.74) is 12.1. The standard InChI is InChI=1S/C48H32N2O2/c1-3-11-35(12-4-1)49(36-13-5-2-6-14-36)37-23-19-33(20-24-37)34-21-25-38(26-22-34)50(39-27-29-43-41-15-7-9-17-45(41)51-47(43)31-39)40-28-30-44-42-16-8-10-18-46(42)52-48(44)32-40/h1-32H. The van der Waals surface area contributed by atoms with Gasteiger partial charge in [0.1, 0.15) is 22.3 Å². The number of furan rings is 2. The molecule has 0 N–H and O–H groups in total. The summed E-state index contributed by atoms with van der Waals surface area (Å²) < 4.78 is 12.7. The molecule has 0 saturated heterocycles. The van der Waals surface area contributed by atoms with E-state index in [2.05, 4.69) is 180 Å². The number of rotatable bonds is 7. The zero-order valence-corrected chi connectivity index (χ0v) is 28.2. The Balaban J connectivity index is 1.04. The molecule has 0 aliphatic carbocycles. The molecule has 10 rings (SSSR count). The average Bonchev–Trinajstić information content (AvgIpc) is 3.77. The molecule has 8 aromatic carbocycles. The Kier molecular flexibility index (Phi) is 7.10. The average molecular weight is 669 g/mol. The van der Waals surface area contributed by atoms with Gasteiger partial charge >= 0.3 is 0 Å². The van der Waals surface area contributed by atoms with Crippen molar-refractivity contribution in [2.45, 2.75) is 0 Å². The minimum absolute atomic E-state index is 0.852. The highest BCUT2D eigenvalue weighted by Crippen LogP contribution is 2.42. The van der Waals surface area contributed by atoms with Gasteiger partial charge in [0.15, 0.2) is 0 Å². The van der Waals surface area contributed by atoms with Crippen molar-refractivity contribution in [2.24, 2.45) is 0 Å². The van der Waals surface area contributed by atoms with Crippen LogP contribution in [0.3, 0.4) is 0 Å². The molecule has 2 aromatic heterocycles. The Morgan fingerprint density at radius 3 is 1.02 bits per heavy atom. The lowest BCUT2D eigenvalue weighted by molar-refractivity contribution is 0.669. The second-order valence-corrected chi connectivity index (χ2v) is 13.0. The van der Waals surface area contributed by atoms with Crippen LogP contribution in [-0.2, 0) is 0 Å². The maximum absolute atomic E-state index is 6.34. The molecule has 0 aliphatic heterocycles. The molecule has 0 unspecified atom stereocenters. The van der Waals surface area contributed by atoms with Crippen LogP contribution in [0, 0.1) is 0 Å². The van der Waals surface area contributed by atoms with Crippen LogP contribution in [0.4, 0.5) is 34.1 Å². The summed E-state index contributed by atoms with van der Waals surface area (Å²) in [6, 6.07) is 67.9. The van der Waals surface area contributed by atoms with Gasteiger partial charge in [0, 0.05) is 67.8 Å². The molecular weight excluding hydrogens is 637 g/mol.